The van der Waals surface area contributed by atoms with E-state index >= 15 is 0 Å². The molecule has 0 saturated carbocycles. The highest BCUT2D eigenvalue weighted by molar-refractivity contribution is 6.33. The highest BCUT2D eigenvalue weighted by Gasteiger charge is 2.32. The molecule has 0 radical (unpaired) electrons. The molecule has 4 bridgehead atoms. The van der Waals surface area contributed by atoms with E-state index in [2.05, 4.69) is 84.9 Å². The summed E-state index contributed by atoms with van der Waals surface area (Å²) < 4.78 is 12.5. The van der Waals surface area contributed by atoms with Crippen LogP contribution in [0.15, 0.2) is 84.9 Å². The minimum Gasteiger partial charge on any atom is -0.493 e. The Hall–Kier alpha value is -4.30. The van der Waals surface area contributed by atoms with Crippen LogP contribution in [0.4, 0.5) is 0 Å². The largest absolute Gasteiger partial charge is 0.493 e. The van der Waals surface area contributed by atoms with Gasteiger partial charge in [0.1, 0.15) is 11.5 Å². The highest BCUT2D eigenvalue weighted by atomic mass is 16.5. The lowest BCUT2D eigenvalue weighted by Gasteiger charge is -2.14. The maximum absolute atomic E-state index is 6.27. The van der Waals surface area contributed by atoms with Crippen LogP contribution < -0.4 is 9.47 Å². The van der Waals surface area contributed by atoms with E-state index in [1.807, 2.05) is 0 Å². The molecule has 6 aromatic rings. The molecule has 2 nitrogen and oxygen atoms in total. The maximum atomic E-state index is 6.27. The molecule has 9 rings (SSSR count). The molecule has 0 amide bonds. The van der Waals surface area contributed by atoms with Gasteiger partial charge in [0.05, 0.1) is 13.2 Å². The first-order valence-corrected chi connectivity index (χ1v) is 12.4. The molecule has 35 heavy (non-hydrogen) atoms. The minimum atomic E-state index is 0.635. The van der Waals surface area contributed by atoms with Crippen molar-refractivity contribution in [2.24, 2.45) is 0 Å². The lowest BCUT2D eigenvalue weighted by molar-refractivity contribution is 0.248. The van der Waals surface area contributed by atoms with Gasteiger partial charge in [0.25, 0.3) is 0 Å². The Morgan fingerprint density at radius 2 is 0.886 bits per heavy atom. The van der Waals surface area contributed by atoms with Gasteiger partial charge in [-0.1, -0.05) is 60.7 Å². The van der Waals surface area contributed by atoms with Crippen LogP contribution in [0.1, 0.15) is 28.7 Å². The molecule has 2 aliphatic carbocycles. The molecule has 0 spiro atoms. The van der Waals surface area contributed by atoms with E-state index in [-0.39, 0.29) is 0 Å². The van der Waals surface area contributed by atoms with Gasteiger partial charge in [0.15, 0.2) is 0 Å². The molecule has 0 saturated heterocycles. The van der Waals surface area contributed by atoms with E-state index in [0.717, 1.165) is 17.9 Å². The van der Waals surface area contributed by atoms with Gasteiger partial charge in [0.2, 0.25) is 0 Å². The minimum absolute atomic E-state index is 0.635. The topological polar surface area (TPSA) is 18.5 Å². The summed E-state index contributed by atoms with van der Waals surface area (Å²) in [6, 6.07) is 31.4. The van der Waals surface area contributed by atoms with Crippen LogP contribution in [-0.2, 0) is 0 Å². The summed E-state index contributed by atoms with van der Waals surface area (Å²) in [7, 11) is 0. The third kappa shape index (κ3) is 2.20. The zero-order chi connectivity index (χ0) is 22.7. The van der Waals surface area contributed by atoms with Gasteiger partial charge in [-0.05, 0) is 101 Å². The average Bonchev–Trinajstić information content (AvgIpc) is 3.39. The average molecular weight is 449 g/mol. The first-order valence-electron chi connectivity index (χ1n) is 12.4. The third-order valence-electron chi connectivity index (χ3n) is 8.02. The maximum Gasteiger partial charge on any atom is 0.120 e. The van der Waals surface area contributed by atoms with Crippen molar-refractivity contribution in [2.45, 2.75) is 6.42 Å². The molecule has 6 aromatic carbocycles. The molecule has 0 fully saturated rings. The fourth-order valence-corrected chi connectivity index (χ4v) is 6.68. The molecule has 164 valence electrons. The summed E-state index contributed by atoms with van der Waals surface area (Å²) in [5.41, 5.74) is 7.82. The quantitative estimate of drug-likeness (QED) is 0.218. The molecular formula is C33H20O2. The Bertz CT molecular complexity index is 1830. The summed E-state index contributed by atoms with van der Waals surface area (Å²) in [4.78, 5) is 0. The zero-order valence-electron chi connectivity index (χ0n) is 19.0. The monoisotopic (exact) mass is 448 g/mol. The SMILES string of the molecule is c1cc2c3c(c1)ccc1cc4cc(c13)C2=C1c2cccc3ccc5cc(cc1c5c23)OCCCO4. The summed E-state index contributed by atoms with van der Waals surface area (Å²) >= 11 is 0. The molecule has 1 heterocycles. The van der Waals surface area contributed by atoms with Gasteiger partial charge >= 0.3 is 0 Å². The second-order valence-corrected chi connectivity index (χ2v) is 9.88. The molecule has 1 aliphatic heterocycles. The summed E-state index contributed by atoms with van der Waals surface area (Å²) in [5, 5.41) is 10.5. The first-order chi connectivity index (χ1) is 17.3. The molecule has 0 aromatic heterocycles. The van der Waals surface area contributed by atoms with Crippen LogP contribution in [-0.4, -0.2) is 13.2 Å². The van der Waals surface area contributed by atoms with Crippen molar-refractivity contribution < 1.29 is 9.47 Å². The van der Waals surface area contributed by atoms with Gasteiger partial charge < -0.3 is 9.47 Å². The van der Waals surface area contributed by atoms with Crippen LogP contribution in [0.3, 0.4) is 0 Å². The number of hydrogen-bond acceptors (Lipinski definition) is 2. The Balaban J connectivity index is 1.55. The Kier molecular flexibility index (Phi) is 3.21. The molecule has 3 aliphatic rings. The summed E-state index contributed by atoms with van der Waals surface area (Å²) in [5.74, 6) is 1.87. The lowest BCUT2D eigenvalue weighted by atomic mass is 9.90. The van der Waals surface area contributed by atoms with Crippen LogP contribution in [0.25, 0.3) is 54.2 Å². The van der Waals surface area contributed by atoms with Gasteiger partial charge in [0, 0.05) is 6.42 Å². The van der Waals surface area contributed by atoms with Gasteiger partial charge in [-0.3, -0.25) is 0 Å². The normalized spacial score (nSPS) is 15.4. The number of ether oxygens (including phenoxy) is 2. The predicted molar refractivity (Wildman–Crippen MR) is 144 cm³/mol. The lowest BCUT2D eigenvalue weighted by Crippen LogP contribution is -2.05. The molecule has 0 atom stereocenters. The van der Waals surface area contributed by atoms with Crippen molar-refractivity contribution in [2.75, 3.05) is 13.2 Å². The predicted octanol–water partition coefficient (Wildman–Crippen LogP) is 8.09. The fraction of sp³-hybridized carbons (Fsp3) is 0.0909. The number of hydrogen-bond donors (Lipinski definition) is 0. The fourth-order valence-electron chi connectivity index (χ4n) is 6.68. The van der Waals surface area contributed by atoms with Crippen LogP contribution in [0.5, 0.6) is 11.5 Å². The number of benzene rings is 6. The summed E-state index contributed by atoms with van der Waals surface area (Å²) in [6.07, 6.45) is 0.840. The number of fused-ring (bicyclic) bond motifs is 4. The van der Waals surface area contributed by atoms with Crippen molar-refractivity contribution >= 4 is 54.2 Å². The summed E-state index contributed by atoms with van der Waals surface area (Å²) in [6.45, 7) is 1.27. The van der Waals surface area contributed by atoms with E-state index in [1.54, 1.807) is 0 Å². The molecule has 0 unspecified atom stereocenters. The number of rotatable bonds is 0. The van der Waals surface area contributed by atoms with Gasteiger partial charge in [-0.2, -0.15) is 0 Å². The smallest absolute Gasteiger partial charge is 0.120 e. The molecule has 0 N–H and O–H groups in total. The van der Waals surface area contributed by atoms with E-state index < -0.39 is 0 Å². The standard InChI is InChI=1S/C33H20O2/c1-4-18-8-10-20-14-22-16-26-30(20)28(18)24(6-1)32(26)33-25-7-2-5-19-9-11-21-15-23(35-13-3-12-34-22)17-27(33)31(21)29(19)25/h1-2,4-11,14-17H,3,12-13H2. The van der Waals surface area contributed by atoms with Crippen LogP contribution >= 0.6 is 0 Å². The highest BCUT2D eigenvalue weighted by Crippen LogP contribution is 2.55. The Morgan fingerprint density at radius 3 is 1.40 bits per heavy atom. The van der Waals surface area contributed by atoms with Gasteiger partial charge in [-0.15, -0.1) is 0 Å². The van der Waals surface area contributed by atoms with Crippen molar-refractivity contribution in [3.63, 3.8) is 0 Å². The second kappa shape index (κ2) is 6.22. The third-order valence-corrected chi connectivity index (χ3v) is 8.02. The van der Waals surface area contributed by atoms with Crippen molar-refractivity contribution in [3.8, 4) is 11.5 Å². The first kappa shape index (κ1) is 18.1. The Labute approximate surface area is 202 Å². The zero-order valence-corrected chi connectivity index (χ0v) is 19.0. The molecular weight excluding hydrogens is 428 g/mol. The van der Waals surface area contributed by atoms with Crippen LogP contribution in [0, 0.1) is 0 Å². The van der Waals surface area contributed by atoms with Crippen molar-refractivity contribution in [1.82, 2.24) is 0 Å². The van der Waals surface area contributed by atoms with E-state index in [0.29, 0.717) is 13.2 Å². The van der Waals surface area contributed by atoms with Crippen molar-refractivity contribution in [3.05, 3.63) is 107 Å². The van der Waals surface area contributed by atoms with E-state index in [1.165, 1.54) is 76.5 Å². The van der Waals surface area contributed by atoms with E-state index in [4.69, 9.17) is 9.47 Å². The van der Waals surface area contributed by atoms with Crippen LogP contribution in [0.2, 0.25) is 0 Å². The Morgan fingerprint density at radius 1 is 0.429 bits per heavy atom. The van der Waals surface area contributed by atoms with Crippen molar-refractivity contribution in [1.29, 1.82) is 0 Å². The van der Waals surface area contributed by atoms with E-state index in [9.17, 15) is 0 Å². The molecule has 2 heteroatoms. The van der Waals surface area contributed by atoms with Gasteiger partial charge in [-0.25, -0.2) is 0 Å². The second-order valence-electron chi connectivity index (χ2n) is 9.88.